The van der Waals surface area contributed by atoms with Gasteiger partial charge >= 0.3 is 0 Å². The second-order valence-corrected chi connectivity index (χ2v) is 15.9. The number of benzene rings is 1. The fourth-order valence-corrected chi connectivity index (χ4v) is 4.95. The number of aromatic nitrogens is 2. The Morgan fingerprint density at radius 3 is 2.76 bits per heavy atom. The molecule has 3 rings (SSSR count). The maximum atomic E-state index is 14.8. The summed E-state index contributed by atoms with van der Waals surface area (Å²) in [5, 5.41) is 14.1. The summed E-state index contributed by atoms with van der Waals surface area (Å²) in [5.74, 6) is -1.30. The van der Waals surface area contributed by atoms with Crippen molar-refractivity contribution in [3.8, 4) is 6.07 Å². The van der Waals surface area contributed by atoms with Crippen LogP contribution in [0.2, 0.25) is 18.1 Å². The van der Waals surface area contributed by atoms with Crippen molar-refractivity contribution in [2.45, 2.75) is 64.4 Å². The van der Waals surface area contributed by atoms with Crippen LogP contribution >= 0.6 is 15.9 Å². The number of nitrogens with two attached hydrogens (primary N) is 1. The van der Waals surface area contributed by atoms with Gasteiger partial charge in [-0.2, -0.15) is 10.4 Å². The van der Waals surface area contributed by atoms with Crippen LogP contribution in [0.4, 0.5) is 4.39 Å². The first-order chi connectivity index (χ1) is 15.8. The largest absolute Gasteiger partial charge is 0.413 e. The van der Waals surface area contributed by atoms with E-state index in [1.54, 1.807) is 10.9 Å². The Hall–Kier alpha value is -2.06. The average Bonchev–Trinajstić information content (AvgIpc) is 3.18. The molecule has 1 fully saturated rings. The Labute approximate surface area is 209 Å². The molecule has 184 valence electrons. The molecule has 2 atom stereocenters. The van der Waals surface area contributed by atoms with Gasteiger partial charge in [0.25, 0.3) is 5.91 Å². The predicted octanol–water partition coefficient (Wildman–Crippen LogP) is 5.10. The molecule has 1 unspecified atom stereocenters. The van der Waals surface area contributed by atoms with Gasteiger partial charge in [-0.3, -0.25) is 9.48 Å². The molecule has 1 aliphatic heterocycles. The lowest BCUT2D eigenvalue weighted by Crippen LogP contribution is -2.40. The highest BCUT2D eigenvalue weighted by molar-refractivity contribution is 9.10. The van der Waals surface area contributed by atoms with E-state index in [0.29, 0.717) is 40.9 Å². The number of halogens is 2. The van der Waals surface area contributed by atoms with Crippen molar-refractivity contribution in [2.24, 2.45) is 11.7 Å². The smallest absolute Gasteiger partial charge is 0.252 e. The predicted molar refractivity (Wildman–Crippen MR) is 133 cm³/mol. The second kappa shape index (κ2) is 10.3. The molecule has 0 spiro atoms. The number of nitriles is 1. The summed E-state index contributed by atoms with van der Waals surface area (Å²) in [7, 11) is -2.03. The second-order valence-electron chi connectivity index (χ2n) is 10.3. The monoisotopic (exact) mass is 550 g/mol. The first kappa shape index (κ1) is 26.5. The third-order valence-electron chi connectivity index (χ3n) is 6.84. The fourth-order valence-electron chi connectivity index (χ4n) is 3.65. The minimum absolute atomic E-state index is 0.0307. The lowest BCUT2D eigenvalue weighted by molar-refractivity contribution is 0.0339. The van der Waals surface area contributed by atoms with Gasteiger partial charge in [0.15, 0.2) is 8.32 Å². The van der Waals surface area contributed by atoms with Crippen molar-refractivity contribution < 1.29 is 18.3 Å². The molecular weight excluding hydrogens is 519 g/mol. The molecule has 0 aliphatic carbocycles. The molecule has 34 heavy (non-hydrogen) atoms. The third-order valence-corrected chi connectivity index (χ3v) is 12.2. The van der Waals surface area contributed by atoms with Crippen LogP contribution in [0.1, 0.15) is 60.4 Å². The highest BCUT2D eigenvalue weighted by Gasteiger charge is 2.37. The SMILES string of the molecule is CC(C)(C)[Si](C)(C)OCc1cc(Cc2nn(C3COCC[C@@H]3C#N)cc2C(N)=O)cc(F)c1Br. The first-order valence-corrected chi connectivity index (χ1v) is 15.0. The van der Waals surface area contributed by atoms with Gasteiger partial charge in [0.05, 0.1) is 47.0 Å². The number of amides is 1. The number of ether oxygens (including phenoxy) is 1. The summed E-state index contributed by atoms with van der Waals surface area (Å²) >= 11 is 3.35. The number of hydrogen-bond donors (Lipinski definition) is 1. The molecular formula is C24H32BrFN4O3Si. The molecule has 7 nitrogen and oxygen atoms in total. The van der Waals surface area contributed by atoms with Crippen LogP contribution in [-0.2, 0) is 22.2 Å². The van der Waals surface area contributed by atoms with Crippen molar-refractivity contribution in [2.75, 3.05) is 13.2 Å². The molecule has 2 heterocycles. The van der Waals surface area contributed by atoms with Crippen molar-refractivity contribution in [1.82, 2.24) is 9.78 Å². The van der Waals surface area contributed by atoms with E-state index in [0.717, 1.165) is 0 Å². The number of carbonyl (C=O) groups excluding carboxylic acids is 1. The van der Waals surface area contributed by atoms with Gasteiger partial charge in [-0.05, 0) is 57.7 Å². The summed E-state index contributed by atoms with van der Waals surface area (Å²) in [4.78, 5) is 12.1. The summed E-state index contributed by atoms with van der Waals surface area (Å²) in [6.45, 7) is 11.9. The van der Waals surface area contributed by atoms with Gasteiger partial charge in [-0.1, -0.05) is 26.8 Å². The summed E-state index contributed by atoms with van der Waals surface area (Å²) < 4.78 is 28.6. The molecule has 1 aliphatic rings. The molecule has 2 N–H and O–H groups in total. The van der Waals surface area contributed by atoms with Gasteiger partial charge in [-0.25, -0.2) is 4.39 Å². The molecule has 2 aromatic rings. The lowest BCUT2D eigenvalue weighted by Gasteiger charge is -2.36. The van der Waals surface area contributed by atoms with Crippen LogP contribution in [0.25, 0.3) is 0 Å². The normalized spacial score (nSPS) is 19.1. The Kier molecular flexibility index (Phi) is 8.02. The van der Waals surface area contributed by atoms with E-state index in [1.807, 2.05) is 6.07 Å². The summed E-state index contributed by atoms with van der Waals surface area (Å²) in [5.41, 5.74) is 7.66. The van der Waals surface area contributed by atoms with Crippen molar-refractivity contribution in [3.63, 3.8) is 0 Å². The van der Waals surface area contributed by atoms with E-state index >= 15 is 0 Å². The van der Waals surface area contributed by atoms with Crippen LogP contribution < -0.4 is 5.73 Å². The van der Waals surface area contributed by atoms with Crippen LogP contribution in [-0.4, -0.2) is 37.2 Å². The molecule has 1 amide bonds. The number of primary amides is 1. The highest BCUT2D eigenvalue weighted by atomic mass is 79.9. The number of nitrogens with zero attached hydrogens (tertiary/aromatic N) is 3. The zero-order chi connectivity index (χ0) is 25.3. The molecule has 10 heteroatoms. The quantitative estimate of drug-likeness (QED) is 0.483. The van der Waals surface area contributed by atoms with E-state index in [-0.39, 0.29) is 35.6 Å². The van der Waals surface area contributed by atoms with Crippen LogP contribution in [0, 0.1) is 23.1 Å². The lowest BCUT2D eigenvalue weighted by atomic mass is 9.97. The van der Waals surface area contributed by atoms with Crippen LogP contribution in [0.3, 0.4) is 0 Å². The molecule has 0 radical (unpaired) electrons. The number of carbonyl (C=O) groups is 1. The molecule has 1 saturated heterocycles. The van der Waals surface area contributed by atoms with Gasteiger partial charge in [0, 0.05) is 19.2 Å². The zero-order valence-corrected chi connectivity index (χ0v) is 22.9. The van der Waals surface area contributed by atoms with E-state index in [9.17, 15) is 14.4 Å². The molecule has 1 aromatic carbocycles. The minimum atomic E-state index is -2.03. The van der Waals surface area contributed by atoms with E-state index in [4.69, 9.17) is 14.9 Å². The van der Waals surface area contributed by atoms with Gasteiger partial charge in [-0.15, -0.1) is 0 Å². The average molecular weight is 552 g/mol. The van der Waals surface area contributed by atoms with Crippen molar-refractivity contribution in [1.29, 1.82) is 5.26 Å². The fraction of sp³-hybridized carbons (Fsp3) is 0.542. The Morgan fingerprint density at radius 1 is 1.44 bits per heavy atom. The molecule has 0 bridgehead atoms. The topological polar surface area (TPSA) is 103 Å². The van der Waals surface area contributed by atoms with Crippen LogP contribution in [0.15, 0.2) is 22.8 Å². The first-order valence-electron chi connectivity index (χ1n) is 11.3. The maximum absolute atomic E-state index is 14.8. The molecule has 0 saturated carbocycles. The Bertz CT molecular complexity index is 1110. The van der Waals surface area contributed by atoms with Crippen molar-refractivity contribution in [3.05, 3.63) is 51.0 Å². The zero-order valence-electron chi connectivity index (χ0n) is 20.3. The Morgan fingerprint density at radius 2 is 2.15 bits per heavy atom. The van der Waals surface area contributed by atoms with Crippen LogP contribution in [0.5, 0.6) is 0 Å². The maximum Gasteiger partial charge on any atom is 0.252 e. The van der Waals surface area contributed by atoms with E-state index in [2.05, 4.69) is 61.0 Å². The number of rotatable bonds is 7. The van der Waals surface area contributed by atoms with Gasteiger partial charge < -0.3 is 14.9 Å². The van der Waals surface area contributed by atoms with E-state index < -0.39 is 20.0 Å². The Balaban J connectivity index is 1.90. The van der Waals surface area contributed by atoms with Crippen molar-refractivity contribution >= 4 is 30.2 Å². The molecule has 1 aromatic heterocycles. The highest BCUT2D eigenvalue weighted by Crippen LogP contribution is 2.38. The summed E-state index contributed by atoms with van der Waals surface area (Å²) in [6, 6.07) is 5.28. The number of hydrogen-bond acceptors (Lipinski definition) is 5. The third kappa shape index (κ3) is 5.77. The standard InChI is InChI=1S/C24H32BrFN4O3Si/c1-24(2,3)34(4,5)33-13-17-8-15(9-19(26)22(17)25)10-20-18(23(28)31)12-30(29-20)21-14-32-7-6-16(21)11-27/h8-9,12,16,21H,6-7,10,13-14H2,1-5H3,(H2,28,31)/t16-,21?/m1/s1. The van der Waals surface area contributed by atoms with Gasteiger partial charge in [0.2, 0.25) is 0 Å². The summed E-state index contributed by atoms with van der Waals surface area (Å²) in [6.07, 6.45) is 2.38. The van der Waals surface area contributed by atoms with E-state index in [1.165, 1.54) is 6.07 Å². The van der Waals surface area contributed by atoms with Gasteiger partial charge in [0.1, 0.15) is 5.82 Å². The minimum Gasteiger partial charge on any atom is -0.413 e.